The Balaban J connectivity index is 3.15. The fraction of sp³-hybridized carbons (Fsp3) is 0.500. The highest BCUT2D eigenvalue weighted by Crippen LogP contribution is 2.33. The zero-order valence-corrected chi connectivity index (χ0v) is 12.0. The third-order valence-corrected chi connectivity index (χ3v) is 2.93. The molecule has 0 saturated carbocycles. The molecule has 1 rings (SSSR count). The summed E-state index contributed by atoms with van der Waals surface area (Å²) in [6.45, 7) is 9.78. The van der Waals surface area contributed by atoms with E-state index in [1.165, 1.54) is 0 Å². The van der Waals surface area contributed by atoms with Crippen LogP contribution in [0.1, 0.15) is 43.9 Å². The van der Waals surface area contributed by atoms with Crippen LogP contribution in [0.5, 0.6) is 5.75 Å². The molecule has 0 radical (unpaired) electrons. The fourth-order valence-corrected chi connectivity index (χ4v) is 1.78. The van der Waals surface area contributed by atoms with Crippen molar-refractivity contribution in [2.75, 3.05) is 0 Å². The van der Waals surface area contributed by atoms with Crippen molar-refractivity contribution in [3.05, 3.63) is 28.8 Å². The smallest absolute Gasteiger partial charge is 0.310 e. The summed E-state index contributed by atoms with van der Waals surface area (Å²) in [5.74, 6) is 0.479. The van der Waals surface area contributed by atoms with Crippen molar-refractivity contribution in [1.82, 2.24) is 0 Å². The first kappa shape index (κ1) is 14.1. The summed E-state index contributed by atoms with van der Waals surface area (Å²) in [6.07, 6.45) is 0.388. The van der Waals surface area contributed by atoms with Crippen molar-refractivity contribution in [1.29, 1.82) is 0 Å². The minimum atomic E-state index is -0.200. The van der Waals surface area contributed by atoms with Crippen LogP contribution in [-0.2, 0) is 9.54 Å². The minimum absolute atomic E-state index is 0.192. The molecular formula is C14H20O2S. The van der Waals surface area contributed by atoms with Gasteiger partial charge in [-0.2, -0.15) is 12.6 Å². The van der Waals surface area contributed by atoms with Crippen LogP contribution in [-0.4, -0.2) is 5.97 Å². The van der Waals surface area contributed by atoms with Gasteiger partial charge in [-0.1, -0.05) is 19.1 Å². The highest BCUT2D eigenvalue weighted by Gasteiger charge is 2.18. The number of ether oxygens (including phenoxy) is 1. The maximum absolute atomic E-state index is 11.3. The third kappa shape index (κ3) is 3.50. The Labute approximate surface area is 109 Å². The molecule has 0 bridgehead atoms. The normalized spacial score (nSPS) is 11.4. The first-order chi connectivity index (χ1) is 7.75. The van der Waals surface area contributed by atoms with E-state index >= 15 is 0 Å². The van der Waals surface area contributed by atoms with Crippen molar-refractivity contribution in [2.24, 2.45) is 0 Å². The molecule has 1 aromatic rings. The van der Waals surface area contributed by atoms with Gasteiger partial charge in [0.2, 0.25) is 0 Å². The van der Waals surface area contributed by atoms with Gasteiger partial charge in [0, 0.05) is 11.2 Å². The van der Waals surface area contributed by atoms with E-state index in [2.05, 4.69) is 12.6 Å². The molecular weight excluding hydrogens is 232 g/mol. The van der Waals surface area contributed by atoms with Crippen molar-refractivity contribution < 1.29 is 9.53 Å². The maximum Gasteiger partial charge on any atom is 0.310 e. The van der Waals surface area contributed by atoms with Crippen LogP contribution < -0.4 is 4.74 Å². The maximum atomic E-state index is 11.3. The average molecular weight is 252 g/mol. The molecule has 0 aromatic heterocycles. The molecule has 0 spiro atoms. The first-order valence-corrected chi connectivity index (χ1v) is 6.25. The summed E-state index contributed by atoms with van der Waals surface area (Å²) in [4.78, 5) is 11.3. The van der Waals surface area contributed by atoms with Gasteiger partial charge in [0.1, 0.15) is 5.75 Å². The number of carbonyl (C=O) groups is 1. The van der Waals surface area contributed by atoms with Crippen molar-refractivity contribution in [3.8, 4) is 5.75 Å². The molecule has 94 valence electrons. The van der Waals surface area contributed by atoms with Gasteiger partial charge in [-0.25, -0.2) is 0 Å². The number of hydrogen-bond donors (Lipinski definition) is 1. The number of hydrogen-bond acceptors (Lipinski definition) is 3. The summed E-state index contributed by atoms with van der Waals surface area (Å²) >= 11 is 4.55. The summed E-state index contributed by atoms with van der Waals surface area (Å²) in [7, 11) is 0. The van der Waals surface area contributed by atoms with Gasteiger partial charge in [-0.15, -0.1) is 0 Å². The zero-order valence-electron chi connectivity index (χ0n) is 11.1. The van der Waals surface area contributed by atoms with E-state index in [1.54, 1.807) is 6.92 Å². The molecule has 0 N–H and O–H groups in total. The highest BCUT2D eigenvalue weighted by atomic mass is 32.1. The summed E-state index contributed by atoms with van der Waals surface area (Å²) in [5, 5.41) is 0. The fourth-order valence-electron chi connectivity index (χ4n) is 1.65. The second-order valence-electron chi connectivity index (χ2n) is 4.83. The lowest BCUT2D eigenvalue weighted by Gasteiger charge is -2.21. The standard InChI is InChI=1S/C14H20O2S/c1-6-12(15)16-13-9(2)7-11(8-10(13)3)14(4,5)17/h7-8,17H,6H2,1-5H3. The average Bonchev–Trinajstić information content (AvgIpc) is 2.21. The van der Waals surface area contributed by atoms with E-state index < -0.39 is 0 Å². The number of aryl methyl sites for hydroxylation is 2. The molecule has 0 saturated heterocycles. The number of esters is 1. The van der Waals surface area contributed by atoms with Crippen LogP contribution >= 0.6 is 12.6 Å². The molecule has 0 fully saturated rings. The van der Waals surface area contributed by atoms with Crippen molar-refractivity contribution in [3.63, 3.8) is 0 Å². The Hall–Kier alpha value is -0.960. The predicted octanol–water partition coefficient (Wildman–Crippen LogP) is 3.78. The Kier molecular flexibility index (Phi) is 4.26. The molecule has 0 unspecified atom stereocenters. The van der Waals surface area contributed by atoms with Gasteiger partial charge in [-0.3, -0.25) is 4.79 Å². The second kappa shape index (κ2) is 5.13. The monoisotopic (exact) mass is 252 g/mol. The summed E-state index contributed by atoms with van der Waals surface area (Å²) in [5.41, 5.74) is 3.08. The van der Waals surface area contributed by atoms with E-state index in [9.17, 15) is 4.79 Å². The summed E-state index contributed by atoms with van der Waals surface area (Å²) < 4.78 is 5.14. The van der Waals surface area contributed by atoms with Gasteiger partial charge in [0.15, 0.2) is 0 Å². The Morgan fingerprint density at radius 1 is 1.29 bits per heavy atom. The van der Waals surface area contributed by atoms with Gasteiger partial charge < -0.3 is 4.74 Å². The topological polar surface area (TPSA) is 26.3 Å². The van der Waals surface area contributed by atoms with E-state index in [0.717, 1.165) is 16.7 Å². The van der Waals surface area contributed by atoms with E-state index in [-0.39, 0.29) is 10.7 Å². The van der Waals surface area contributed by atoms with E-state index in [1.807, 2.05) is 39.8 Å². The van der Waals surface area contributed by atoms with Crippen LogP contribution in [0.2, 0.25) is 0 Å². The van der Waals surface area contributed by atoms with Gasteiger partial charge in [-0.05, 0) is 44.4 Å². The minimum Gasteiger partial charge on any atom is -0.426 e. The van der Waals surface area contributed by atoms with Gasteiger partial charge in [0.25, 0.3) is 0 Å². The predicted molar refractivity (Wildman–Crippen MR) is 73.9 cm³/mol. The van der Waals surface area contributed by atoms with Crippen LogP contribution in [0.3, 0.4) is 0 Å². The summed E-state index contributed by atoms with van der Waals surface area (Å²) in [6, 6.07) is 4.05. The Morgan fingerprint density at radius 3 is 2.12 bits per heavy atom. The number of carbonyl (C=O) groups excluding carboxylic acids is 1. The quantitative estimate of drug-likeness (QED) is 0.503. The molecule has 2 nitrogen and oxygen atoms in total. The lowest BCUT2D eigenvalue weighted by molar-refractivity contribution is -0.134. The zero-order chi connectivity index (χ0) is 13.2. The van der Waals surface area contributed by atoms with Crippen molar-refractivity contribution in [2.45, 2.75) is 45.8 Å². The first-order valence-electron chi connectivity index (χ1n) is 5.80. The van der Waals surface area contributed by atoms with Gasteiger partial charge in [0.05, 0.1) is 0 Å². The Bertz CT molecular complexity index is 407. The highest BCUT2D eigenvalue weighted by molar-refractivity contribution is 7.81. The molecule has 0 heterocycles. The van der Waals surface area contributed by atoms with E-state index in [0.29, 0.717) is 12.2 Å². The van der Waals surface area contributed by atoms with Crippen LogP contribution in [0, 0.1) is 13.8 Å². The lowest BCUT2D eigenvalue weighted by atomic mass is 9.97. The van der Waals surface area contributed by atoms with Crippen LogP contribution in [0.25, 0.3) is 0 Å². The SMILES string of the molecule is CCC(=O)Oc1c(C)cc(C(C)(C)S)cc1C. The van der Waals surface area contributed by atoms with Crippen LogP contribution in [0.15, 0.2) is 12.1 Å². The number of thiol groups is 1. The lowest BCUT2D eigenvalue weighted by Crippen LogP contribution is -2.11. The largest absolute Gasteiger partial charge is 0.426 e. The molecule has 0 aliphatic heterocycles. The second-order valence-corrected chi connectivity index (χ2v) is 5.94. The number of benzene rings is 1. The molecule has 0 aliphatic carbocycles. The Morgan fingerprint density at radius 2 is 1.76 bits per heavy atom. The van der Waals surface area contributed by atoms with E-state index in [4.69, 9.17) is 4.74 Å². The molecule has 17 heavy (non-hydrogen) atoms. The van der Waals surface area contributed by atoms with Crippen molar-refractivity contribution >= 4 is 18.6 Å². The molecule has 1 aromatic carbocycles. The molecule has 0 aliphatic rings. The molecule has 0 amide bonds. The van der Waals surface area contributed by atoms with Gasteiger partial charge >= 0.3 is 5.97 Å². The van der Waals surface area contributed by atoms with Crippen LogP contribution in [0.4, 0.5) is 0 Å². The molecule has 3 heteroatoms. The third-order valence-electron chi connectivity index (χ3n) is 2.67. The number of rotatable bonds is 3. The molecule has 0 atom stereocenters.